The number of anilines is 1. The van der Waals surface area contributed by atoms with Crippen LogP contribution < -0.4 is 5.73 Å². The molecule has 0 fully saturated rings. The summed E-state index contributed by atoms with van der Waals surface area (Å²) in [5.74, 6) is 0.440. The lowest BCUT2D eigenvalue weighted by molar-refractivity contribution is 1.07. The molecule has 2 heterocycles. The van der Waals surface area contributed by atoms with Gasteiger partial charge in [0.05, 0.1) is 5.69 Å². The first kappa shape index (κ1) is 6.09. The number of nitrogens with zero attached hydrogens (tertiary/aromatic N) is 3. The zero-order chi connectivity index (χ0) is 7.84. The van der Waals surface area contributed by atoms with Crippen LogP contribution in [0.4, 0.5) is 5.82 Å². The number of aromatic amines is 1. The predicted molar refractivity (Wildman–Crippen MR) is 40.8 cm³/mol. The Kier molecular flexibility index (Phi) is 1.06. The highest BCUT2D eigenvalue weighted by atomic mass is 15.1. The molecule has 0 aromatic carbocycles. The zero-order valence-corrected chi connectivity index (χ0v) is 6.00. The van der Waals surface area contributed by atoms with Gasteiger partial charge >= 0.3 is 0 Å². The number of aromatic nitrogens is 4. The molecule has 2 aromatic heterocycles. The molecule has 0 saturated heterocycles. The minimum Gasteiger partial charge on any atom is -0.382 e. The van der Waals surface area contributed by atoms with Gasteiger partial charge in [-0.05, 0) is 6.92 Å². The molecule has 0 radical (unpaired) electrons. The summed E-state index contributed by atoms with van der Waals surface area (Å²) in [7, 11) is 0. The normalized spacial score (nSPS) is 10.6. The summed E-state index contributed by atoms with van der Waals surface area (Å²) in [6.07, 6.45) is 1.43. The summed E-state index contributed by atoms with van der Waals surface area (Å²) in [6, 6.07) is 0. The third-order valence-corrected chi connectivity index (χ3v) is 1.55. The van der Waals surface area contributed by atoms with Crippen LogP contribution in [0.5, 0.6) is 0 Å². The molecule has 0 spiro atoms. The molecule has 0 bridgehead atoms. The molecule has 0 saturated carbocycles. The molecule has 3 N–H and O–H groups in total. The van der Waals surface area contributed by atoms with E-state index >= 15 is 0 Å². The zero-order valence-electron chi connectivity index (χ0n) is 6.00. The first-order valence-electron chi connectivity index (χ1n) is 3.20. The van der Waals surface area contributed by atoms with E-state index in [0.29, 0.717) is 11.3 Å². The Balaban J connectivity index is 2.94. The van der Waals surface area contributed by atoms with Crippen LogP contribution in [0.2, 0.25) is 0 Å². The van der Waals surface area contributed by atoms with Gasteiger partial charge in [0, 0.05) is 0 Å². The van der Waals surface area contributed by atoms with Crippen LogP contribution in [0.3, 0.4) is 0 Å². The quantitative estimate of drug-likeness (QED) is 0.562. The van der Waals surface area contributed by atoms with Gasteiger partial charge < -0.3 is 5.73 Å². The summed E-state index contributed by atoms with van der Waals surface area (Å²) in [6.45, 7) is 1.87. The van der Waals surface area contributed by atoms with E-state index in [4.69, 9.17) is 5.73 Å². The van der Waals surface area contributed by atoms with Crippen molar-refractivity contribution in [2.24, 2.45) is 0 Å². The van der Waals surface area contributed by atoms with Gasteiger partial charge in [-0.15, -0.1) is 0 Å². The average molecular weight is 149 g/mol. The number of nitrogens with one attached hydrogen (secondary N) is 1. The van der Waals surface area contributed by atoms with Crippen molar-refractivity contribution in [2.45, 2.75) is 6.92 Å². The molecular formula is C6H7N5. The van der Waals surface area contributed by atoms with Crippen LogP contribution >= 0.6 is 0 Å². The molecule has 0 amide bonds. The van der Waals surface area contributed by atoms with Crippen LogP contribution in [-0.2, 0) is 0 Å². The van der Waals surface area contributed by atoms with Crippen molar-refractivity contribution in [1.82, 2.24) is 20.2 Å². The van der Waals surface area contributed by atoms with E-state index in [9.17, 15) is 0 Å². The van der Waals surface area contributed by atoms with Crippen molar-refractivity contribution >= 4 is 16.9 Å². The Bertz CT molecular complexity index is 391. The second-order valence-corrected chi connectivity index (χ2v) is 2.29. The van der Waals surface area contributed by atoms with Crippen LogP contribution in [0.15, 0.2) is 6.33 Å². The Morgan fingerprint density at radius 1 is 1.45 bits per heavy atom. The maximum Gasteiger partial charge on any atom is 0.152 e. The molecule has 11 heavy (non-hydrogen) atoms. The fraction of sp³-hybridized carbons (Fsp3) is 0.167. The first-order chi connectivity index (χ1) is 5.29. The van der Waals surface area contributed by atoms with E-state index in [1.165, 1.54) is 6.33 Å². The van der Waals surface area contributed by atoms with Crippen LogP contribution in [0.1, 0.15) is 5.69 Å². The summed E-state index contributed by atoms with van der Waals surface area (Å²) < 4.78 is 0. The Hall–Kier alpha value is -1.65. The largest absolute Gasteiger partial charge is 0.382 e. The smallest absolute Gasteiger partial charge is 0.152 e. The molecule has 5 heteroatoms. The molecule has 2 rings (SSSR count). The van der Waals surface area contributed by atoms with E-state index in [-0.39, 0.29) is 0 Å². The second kappa shape index (κ2) is 1.91. The highest BCUT2D eigenvalue weighted by molar-refractivity contribution is 5.85. The Morgan fingerprint density at radius 2 is 2.27 bits per heavy atom. The van der Waals surface area contributed by atoms with Gasteiger partial charge in [-0.2, -0.15) is 5.10 Å². The van der Waals surface area contributed by atoms with Crippen LogP contribution in [-0.4, -0.2) is 20.2 Å². The molecule has 2 aromatic rings. The topological polar surface area (TPSA) is 80.5 Å². The number of nitrogens with two attached hydrogens (primary N) is 1. The molecular weight excluding hydrogens is 142 g/mol. The molecule has 0 unspecified atom stereocenters. The number of nitrogen functional groups attached to an aromatic ring is 1. The summed E-state index contributed by atoms with van der Waals surface area (Å²) >= 11 is 0. The van der Waals surface area contributed by atoms with Crippen molar-refractivity contribution < 1.29 is 0 Å². The fourth-order valence-corrected chi connectivity index (χ4v) is 0.976. The Morgan fingerprint density at radius 3 is 3.00 bits per heavy atom. The summed E-state index contributed by atoms with van der Waals surface area (Å²) in [5.41, 5.74) is 7.89. The average Bonchev–Trinajstić information content (AvgIpc) is 2.35. The molecule has 0 aliphatic rings. The molecule has 0 aliphatic heterocycles. The van der Waals surface area contributed by atoms with Crippen LogP contribution in [0, 0.1) is 6.92 Å². The van der Waals surface area contributed by atoms with E-state index in [2.05, 4.69) is 20.2 Å². The lowest BCUT2D eigenvalue weighted by atomic mass is 10.3. The monoisotopic (exact) mass is 149 g/mol. The Labute approximate surface area is 62.7 Å². The fourth-order valence-electron chi connectivity index (χ4n) is 0.976. The number of H-pyrrole nitrogens is 1. The van der Waals surface area contributed by atoms with Crippen molar-refractivity contribution in [3.8, 4) is 0 Å². The van der Waals surface area contributed by atoms with Crippen LogP contribution in [0.25, 0.3) is 11.0 Å². The second-order valence-electron chi connectivity index (χ2n) is 2.29. The lowest BCUT2D eigenvalue weighted by Gasteiger charge is -1.90. The standard InChI is InChI=1S/C6H7N5/c1-3-4-5(11-10-3)6(7)9-2-8-4/h2H,1H3,(H,10,11)(H2,7,8,9). The summed E-state index contributed by atoms with van der Waals surface area (Å²) in [5, 5.41) is 6.71. The van der Waals surface area contributed by atoms with E-state index in [1.54, 1.807) is 0 Å². The highest BCUT2D eigenvalue weighted by Crippen LogP contribution is 2.14. The molecule has 0 atom stereocenters. The van der Waals surface area contributed by atoms with Crippen molar-refractivity contribution in [2.75, 3.05) is 5.73 Å². The van der Waals surface area contributed by atoms with Gasteiger partial charge in [-0.1, -0.05) is 0 Å². The predicted octanol–water partition coefficient (Wildman–Crippen LogP) is 0.244. The number of fused-ring (bicyclic) bond motifs is 1. The number of hydrogen-bond acceptors (Lipinski definition) is 4. The maximum atomic E-state index is 5.55. The van der Waals surface area contributed by atoms with Crippen molar-refractivity contribution in [3.63, 3.8) is 0 Å². The van der Waals surface area contributed by atoms with Gasteiger partial charge in [0.2, 0.25) is 0 Å². The van der Waals surface area contributed by atoms with Crippen molar-refractivity contribution in [1.29, 1.82) is 0 Å². The van der Waals surface area contributed by atoms with E-state index in [0.717, 1.165) is 11.2 Å². The first-order valence-corrected chi connectivity index (χ1v) is 3.20. The third-order valence-electron chi connectivity index (χ3n) is 1.55. The van der Waals surface area contributed by atoms with E-state index in [1.807, 2.05) is 6.92 Å². The van der Waals surface area contributed by atoms with Crippen molar-refractivity contribution in [3.05, 3.63) is 12.0 Å². The minimum atomic E-state index is 0.440. The third kappa shape index (κ3) is 0.739. The van der Waals surface area contributed by atoms with Gasteiger partial charge in [0.15, 0.2) is 5.82 Å². The molecule has 56 valence electrons. The van der Waals surface area contributed by atoms with E-state index < -0.39 is 0 Å². The number of aryl methyl sites for hydroxylation is 1. The molecule has 5 nitrogen and oxygen atoms in total. The minimum absolute atomic E-state index is 0.440. The van der Waals surface area contributed by atoms with Gasteiger partial charge in [0.1, 0.15) is 17.4 Å². The van der Waals surface area contributed by atoms with Gasteiger partial charge in [-0.25, -0.2) is 9.97 Å². The highest BCUT2D eigenvalue weighted by Gasteiger charge is 2.04. The SMILES string of the molecule is Cc1n[nH]c2c(N)ncnc12. The molecule has 0 aliphatic carbocycles. The maximum absolute atomic E-state index is 5.55. The number of hydrogen-bond donors (Lipinski definition) is 2. The van der Waals surface area contributed by atoms with Gasteiger partial charge in [-0.3, -0.25) is 5.10 Å². The number of rotatable bonds is 0. The van der Waals surface area contributed by atoms with Gasteiger partial charge in [0.25, 0.3) is 0 Å². The summed E-state index contributed by atoms with van der Waals surface area (Å²) in [4.78, 5) is 7.83. The lowest BCUT2D eigenvalue weighted by Crippen LogP contribution is -1.91.